The highest BCUT2D eigenvalue weighted by Gasteiger charge is 2.42. The van der Waals surface area contributed by atoms with Crippen LogP contribution in [0, 0.1) is 11.3 Å². The Labute approximate surface area is 150 Å². The molecule has 2 saturated heterocycles. The Bertz CT molecular complexity index is 487. The Morgan fingerprint density at radius 1 is 1.40 bits per heavy atom. The summed E-state index contributed by atoms with van der Waals surface area (Å²) in [6, 6.07) is 0.0686. The van der Waals surface area contributed by atoms with Crippen LogP contribution in [0.15, 0.2) is 4.99 Å². The molecule has 2 aliphatic heterocycles. The maximum atomic E-state index is 11.8. The minimum atomic E-state index is -0.331. The van der Waals surface area contributed by atoms with E-state index in [1.165, 1.54) is 6.42 Å². The number of aliphatic imine (C=N–C) groups is 1. The number of alkyl carbamates (subject to hydrolysis) is 1. The van der Waals surface area contributed by atoms with Crippen LogP contribution in [0.1, 0.15) is 39.5 Å². The van der Waals surface area contributed by atoms with Gasteiger partial charge < -0.3 is 25.0 Å². The highest BCUT2D eigenvalue weighted by Crippen LogP contribution is 2.38. The first-order valence-corrected chi connectivity index (χ1v) is 9.70. The van der Waals surface area contributed by atoms with E-state index in [0.29, 0.717) is 24.5 Å². The molecule has 0 aromatic heterocycles. The molecule has 3 rings (SSSR count). The number of carbonyl (C=O) groups excluding carboxylic acids is 1. The summed E-state index contributed by atoms with van der Waals surface area (Å²) in [4.78, 5) is 19.0. The van der Waals surface area contributed by atoms with Crippen LogP contribution in [0.2, 0.25) is 0 Å². The third kappa shape index (κ3) is 4.77. The number of amides is 1. The fraction of sp³-hybridized carbons (Fsp3) is 0.889. The van der Waals surface area contributed by atoms with Crippen molar-refractivity contribution >= 4 is 12.1 Å². The number of guanidine groups is 1. The van der Waals surface area contributed by atoms with Crippen molar-refractivity contribution in [3.05, 3.63) is 0 Å². The van der Waals surface area contributed by atoms with Gasteiger partial charge in [-0.15, -0.1) is 0 Å². The number of likely N-dealkylation sites (tertiary alicyclic amines) is 1. The van der Waals surface area contributed by atoms with Gasteiger partial charge in [0.15, 0.2) is 5.96 Å². The van der Waals surface area contributed by atoms with Gasteiger partial charge in [-0.1, -0.05) is 0 Å². The first-order valence-electron chi connectivity index (χ1n) is 9.70. The Morgan fingerprint density at radius 3 is 2.88 bits per heavy atom. The van der Waals surface area contributed by atoms with E-state index in [4.69, 9.17) is 14.5 Å². The molecule has 1 saturated carbocycles. The molecule has 2 heterocycles. The average Bonchev–Trinajstić information content (AvgIpc) is 3.21. The summed E-state index contributed by atoms with van der Waals surface area (Å²) in [6.07, 6.45) is 4.31. The van der Waals surface area contributed by atoms with Crippen molar-refractivity contribution in [2.45, 2.75) is 45.6 Å². The highest BCUT2D eigenvalue weighted by atomic mass is 16.5. The van der Waals surface area contributed by atoms with Crippen molar-refractivity contribution in [2.75, 3.05) is 46.0 Å². The van der Waals surface area contributed by atoms with Crippen LogP contribution in [0.4, 0.5) is 4.79 Å². The van der Waals surface area contributed by atoms with E-state index in [9.17, 15) is 4.79 Å². The lowest BCUT2D eigenvalue weighted by Gasteiger charge is -2.25. The maximum Gasteiger partial charge on any atom is 0.407 e. The predicted molar refractivity (Wildman–Crippen MR) is 96.7 cm³/mol. The smallest absolute Gasteiger partial charge is 0.407 e. The molecular weight excluding hydrogens is 320 g/mol. The molecule has 1 spiro atoms. The van der Waals surface area contributed by atoms with Gasteiger partial charge in [0.1, 0.15) is 0 Å². The van der Waals surface area contributed by atoms with Gasteiger partial charge in [-0.2, -0.15) is 0 Å². The quantitative estimate of drug-likeness (QED) is 0.561. The van der Waals surface area contributed by atoms with E-state index in [1.807, 2.05) is 6.92 Å². The Hall–Kier alpha value is -1.50. The molecule has 7 heteroatoms. The van der Waals surface area contributed by atoms with Crippen molar-refractivity contribution in [3.63, 3.8) is 0 Å². The van der Waals surface area contributed by atoms with Crippen LogP contribution in [-0.2, 0) is 9.47 Å². The number of carbonyl (C=O) groups is 1. The third-order valence-corrected chi connectivity index (χ3v) is 5.47. The molecule has 1 aliphatic carbocycles. The Kier molecular flexibility index (Phi) is 6.04. The molecule has 0 bridgehead atoms. The maximum absolute atomic E-state index is 11.8. The highest BCUT2D eigenvalue weighted by molar-refractivity contribution is 5.80. The first kappa shape index (κ1) is 18.3. The van der Waals surface area contributed by atoms with Crippen molar-refractivity contribution in [2.24, 2.45) is 16.3 Å². The first-order chi connectivity index (χ1) is 12.2. The van der Waals surface area contributed by atoms with Gasteiger partial charge in [-0.05, 0) is 45.4 Å². The summed E-state index contributed by atoms with van der Waals surface area (Å²) in [5, 5.41) is 6.40. The number of rotatable bonds is 6. The fourth-order valence-electron chi connectivity index (χ4n) is 3.83. The summed E-state index contributed by atoms with van der Waals surface area (Å²) in [5.41, 5.74) is 0.315. The number of hydrogen-bond donors (Lipinski definition) is 2. The lowest BCUT2D eigenvalue weighted by Crippen LogP contribution is -2.44. The monoisotopic (exact) mass is 352 g/mol. The second-order valence-electron chi connectivity index (χ2n) is 7.48. The Balaban J connectivity index is 1.59. The zero-order valence-electron chi connectivity index (χ0n) is 15.6. The van der Waals surface area contributed by atoms with Gasteiger partial charge in [0.05, 0.1) is 25.8 Å². The SMILES string of the molecule is CCNC(=NCC(NC(=O)OCC)C1CC1)N1CCC2(CCOC2)C1. The van der Waals surface area contributed by atoms with E-state index in [-0.39, 0.29) is 12.1 Å². The second-order valence-corrected chi connectivity index (χ2v) is 7.48. The molecular formula is C18H32N4O3. The second kappa shape index (κ2) is 8.25. The van der Waals surface area contributed by atoms with Crippen molar-refractivity contribution in [1.82, 2.24) is 15.5 Å². The molecule has 2 N–H and O–H groups in total. The van der Waals surface area contributed by atoms with E-state index in [2.05, 4.69) is 22.5 Å². The summed E-state index contributed by atoms with van der Waals surface area (Å²) < 4.78 is 10.7. The lowest BCUT2D eigenvalue weighted by atomic mass is 9.87. The van der Waals surface area contributed by atoms with Gasteiger partial charge >= 0.3 is 6.09 Å². The van der Waals surface area contributed by atoms with E-state index in [0.717, 1.165) is 58.1 Å². The summed E-state index contributed by atoms with van der Waals surface area (Å²) >= 11 is 0. The van der Waals surface area contributed by atoms with Gasteiger partial charge in [-0.3, -0.25) is 4.99 Å². The standard InChI is InChI=1S/C18H32N4O3/c1-3-19-16(22-9-7-18(12-22)8-10-24-13-18)20-11-15(14-5-6-14)21-17(23)25-4-2/h14-15H,3-13H2,1-2H3,(H,19,20)(H,21,23). The number of ether oxygens (including phenoxy) is 2. The summed E-state index contributed by atoms with van der Waals surface area (Å²) in [6.45, 7) is 9.55. The minimum Gasteiger partial charge on any atom is -0.450 e. The van der Waals surface area contributed by atoms with Crippen LogP contribution >= 0.6 is 0 Å². The summed E-state index contributed by atoms with van der Waals surface area (Å²) in [7, 11) is 0. The molecule has 0 aromatic carbocycles. The summed E-state index contributed by atoms with van der Waals surface area (Å²) in [5.74, 6) is 1.49. The van der Waals surface area contributed by atoms with Crippen LogP contribution in [0.25, 0.3) is 0 Å². The average molecular weight is 352 g/mol. The number of nitrogens with one attached hydrogen (secondary N) is 2. The fourth-order valence-corrected chi connectivity index (χ4v) is 3.83. The van der Waals surface area contributed by atoms with E-state index >= 15 is 0 Å². The molecule has 0 aromatic rings. The molecule has 142 valence electrons. The van der Waals surface area contributed by atoms with Crippen molar-refractivity contribution in [1.29, 1.82) is 0 Å². The van der Waals surface area contributed by atoms with E-state index in [1.54, 1.807) is 0 Å². The van der Waals surface area contributed by atoms with E-state index < -0.39 is 0 Å². The van der Waals surface area contributed by atoms with Crippen LogP contribution < -0.4 is 10.6 Å². The lowest BCUT2D eigenvalue weighted by molar-refractivity contribution is 0.147. The number of nitrogens with zero attached hydrogens (tertiary/aromatic N) is 2. The molecule has 0 radical (unpaired) electrons. The van der Waals surface area contributed by atoms with Crippen LogP contribution in [0.5, 0.6) is 0 Å². The van der Waals surface area contributed by atoms with Gasteiger partial charge in [0.2, 0.25) is 0 Å². The topological polar surface area (TPSA) is 75.2 Å². The normalized spacial score (nSPS) is 27.6. The molecule has 3 aliphatic rings. The molecule has 2 atom stereocenters. The molecule has 3 fully saturated rings. The van der Waals surface area contributed by atoms with Gasteiger partial charge in [-0.25, -0.2) is 4.79 Å². The van der Waals surface area contributed by atoms with Gasteiger partial charge in [0, 0.05) is 31.7 Å². The largest absolute Gasteiger partial charge is 0.450 e. The zero-order valence-corrected chi connectivity index (χ0v) is 15.6. The van der Waals surface area contributed by atoms with Crippen LogP contribution in [-0.4, -0.2) is 69.0 Å². The van der Waals surface area contributed by atoms with Crippen molar-refractivity contribution < 1.29 is 14.3 Å². The number of hydrogen-bond acceptors (Lipinski definition) is 4. The predicted octanol–water partition coefficient (Wildman–Crippen LogP) is 1.59. The third-order valence-electron chi connectivity index (χ3n) is 5.47. The van der Waals surface area contributed by atoms with Crippen LogP contribution in [0.3, 0.4) is 0 Å². The van der Waals surface area contributed by atoms with Crippen molar-refractivity contribution in [3.8, 4) is 0 Å². The Morgan fingerprint density at radius 2 is 2.24 bits per heavy atom. The zero-order chi connectivity index (χ0) is 17.7. The minimum absolute atomic E-state index is 0.0686. The molecule has 25 heavy (non-hydrogen) atoms. The molecule has 1 amide bonds. The molecule has 2 unspecified atom stereocenters. The van der Waals surface area contributed by atoms with Gasteiger partial charge in [0.25, 0.3) is 0 Å². The molecule has 7 nitrogen and oxygen atoms in total.